The minimum absolute atomic E-state index is 0.551. The molecule has 0 spiro atoms. The van der Waals surface area contributed by atoms with E-state index in [-0.39, 0.29) is 0 Å². The Balaban J connectivity index is 1.35. The van der Waals surface area contributed by atoms with Crippen LogP contribution in [0, 0.1) is 6.92 Å². The quantitative estimate of drug-likeness (QED) is 0.600. The number of nitrogens with one attached hydrogen (secondary N) is 1. The second kappa shape index (κ2) is 8.32. The van der Waals surface area contributed by atoms with Crippen LogP contribution in [0.5, 0.6) is 5.75 Å². The van der Waals surface area contributed by atoms with Crippen LogP contribution in [-0.4, -0.2) is 53.5 Å². The van der Waals surface area contributed by atoms with Crippen LogP contribution < -0.4 is 15.1 Å². The molecule has 28 heavy (non-hydrogen) atoms. The lowest BCUT2D eigenvalue weighted by Gasteiger charge is -2.37. The van der Waals surface area contributed by atoms with Crippen molar-refractivity contribution in [2.45, 2.75) is 13.3 Å². The van der Waals surface area contributed by atoms with Gasteiger partial charge in [-0.25, -0.2) is 4.98 Å². The van der Waals surface area contributed by atoms with E-state index >= 15 is 0 Å². The van der Waals surface area contributed by atoms with E-state index in [0.29, 0.717) is 28.9 Å². The molecule has 3 heterocycles. The number of piperazine rings is 1. The highest BCUT2D eigenvalue weighted by molar-refractivity contribution is 7.80. The molecule has 0 amide bonds. The van der Waals surface area contributed by atoms with Crippen molar-refractivity contribution >= 4 is 40.3 Å². The van der Waals surface area contributed by atoms with Gasteiger partial charge in [-0.2, -0.15) is 5.10 Å². The summed E-state index contributed by atoms with van der Waals surface area (Å²) < 4.78 is 5.61. The van der Waals surface area contributed by atoms with Gasteiger partial charge in [-0.15, -0.1) is 0 Å². The fraction of sp³-hybridized carbons (Fsp3) is 0.350. The molecule has 8 heteroatoms. The van der Waals surface area contributed by atoms with Gasteiger partial charge in [0.1, 0.15) is 11.4 Å². The van der Waals surface area contributed by atoms with E-state index in [0.717, 1.165) is 37.6 Å². The minimum Gasteiger partial charge on any atom is -0.491 e. The number of hydrogen-bond acceptors (Lipinski definition) is 5. The molecule has 0 atom stereocenters. The van der Waals surface area contributed by atoms with Gasteiger partial charge in [-0.05, 0) is 31.3 Å². The van der Waals surface area contributed by atoms with Crippen LogP contribution >= 0.6 is 23.8 Å². The van der Waals surface area contributed by atoms with E-state index in [1.54, 1.807) is 12.3 Å². The predicted octanol–water partition coefficient (Wildman–Crippen LogP) is 3.23. The van der Waals surface area contributed by atoms with Gasteiger partial charge in [0.05, 0.1) is 17.3 Å². The molecule has 2 aliphatic rings. The number of hydrazone groups is 1. The highest BCUT2D eigenvalue weighted by Gasteiger charge is 2.21. The molecule has 2 aromatic rings. The van der Waals surface area contributed by atoms with Crippen molar-refractivity contribution in [2.75, 3.05) is 37.7 Å². The van der Waals surface area contributed by atoms with Crippen molar-refractivity contribution < 1.29 is 4.74 Å². The van der Waals surface area contributed by atoms with Gasteiger partial charge < -0.3 is 14.5 Å². The summed E-state index contributed by atoms with van der Waals surface area (Å²) in [5.41, 5.74) is 7.12. The van der Waals surface area contributed by atoms with Gasteiger partial charge in [-0.3, -0.25) is 5.43 Å². The molecular weight excluding hydrogens is 394 g/mol. The molecule has 0 saturated carbocycles. The number of nitrogens with zero attached hydrogens (tertiary/aromatic N) is 4. The van der Waals surface area contributed by atoms with Crippen LogP contribution in [0.25, 0.3) is 0 Å². The first-order valence-corrected chi connectivity index (χ1v) is 10.1. The second-order valence-corrected chi connectivity index (χ2v) is 7.71. The fourth-order valence-corrected chi connectivity index (χ4v) is 3.72. The molecule has 0 radical (unpaired) electrons. The number of halogens is 1. The fourth-order valence-electron chi connectivity index (χ4n) is 3.34. The lowest BCUT2D eigenvalue weighted by molar-refractivity contribution is 0.318. The maximum Gasteiger partial charge on any atom is 0.189 e. The summed E-state index contributed by atoms with van der Waals surface area (Å²) in [5.74, 6) is 0.664. The first-order valence-electron chi connectivity index (χ1n) is 9.32. The van der Waals surface area contributed by atoms with Crippen LogP contribution in [0.1, 0.15) is 17.7 Å². The second-order valence-electron chi connectivity index (χ2n) is 6.88. The standard InChI is InChI=1S/C20H22ClN5OS/c1-14-2-4-16(5-3-14)25-7-9-26(10-8-25)20(28)24-23-17-6-11-27-18-12-15(21)13-22-19(17)18/h2-5,12-13H,6-11H2,1H3,(H,24,28)/b23-17-. The number of thiocarbonyl (C=S) groups is 1. The molecule has 2 aliphatic heterocycles. The Labute approximate surface area is 175 Å². The van der Waals surface area contributed by atoms with Crippen LogP contribution in [0.15, 0.2) is 41.6 Å². The molecule has 6 nitrogen and oxygen atoms in total. The third-order valence-electron chi connectivity index (χ3n) is 4.94. The molecule has 0 unspecified atom stereocenters. The van der Waals surface area contributed by atoms with Crippen LogP contribution in [0.2, 0.25) is 5.02 Å². The van der Waals surface area contributed by atoms with Crippen molar-refractivity contribution in [1.82, 2.24) is 15.3 Å². The minimum atomic E-state index is 0.551. The Morgan fingerprint density at radius 2 is 1.96 bits per heavy atom. The molecule has 1 saturated heterocycles. The van der Waals surface area contributed by atoms with E-state index < -0.39 is 0 Å². The summed E-state index contributed by atoms with van der Waals surface area (Å²) in [4.78, 5) is 8.88. The molecule has 1 aromatic heterocycles. The van der Waals surface area contributed by atoms with Gasteiger partial charge in [-0.1, -0.05) is 29.3 Å². The number of pyridine rings is 1. The monoisotopic (exact) mass is 415 g/mol. The van der Waals surface area contributed by atoms with Crippen molar-refractivity contribution in [1.29, 1.82) is 0 Å². The lowest BCUT2D eigenvalue weighted by atomic mass is 10.1. The number of ether oxygens (including phenoxy) is 1. The Kier molecular flexibility index (Phi) is 5.64. The largest absolute Gasteiger partial charge is 0.491 e. The number of anilines is 1. The van der Waals surface area contributed by atoms with Gasteiger partial charge >= 0.3 is 0 Å². The first kappa shape index (κ1) is 19.0. The molecule has 4 rings (SSSR count). The van der Waals surface area contributed by atoms with Crippen LogP contribution in [0.3, 0.4) is 0 Å². The van der Waals surface area contributed by atoms with E-state index in [2.05, 4.69) is 56.5 Å². The zero-order valence-electron chi connectivity index (χ0n) is 15.7. The summed E-state index contributed by atoms with van der Waals surface area (Å²) in [6.07, 6.45) is 2.28. The number of rotatable bonds is 2. The number of aromatic nitrogens is 1. The summed E-state index contributed by atoms with van der Waals surface area (Å²) in [7, 11) is 0. The van der Waals surface area contributed by atoms with Gasteiger partial charge in [0.15, 0.2) is 5.11 Å². The molecule has 1 aromatic carbocycles. The normalized spacial score (nSPS) is 17.9. The number of fused-ring (bicyclic) bond motifs is 1. The smallest absolute Gasteiger partial charge is 0.189 e. The van der Waals surface area contributed by atoms with Gasteiger partial charge in [0.2, 0.25) is 0 Å². The number of hydrogen-bond donors (Lipinski definition) is 1. The molecule has 0 aliphatic carbocycles. The van der Waals surface area contributed by atoms with Crippen molar-refractivity contribution in [3.63, 3.8) is 0 Å². The van der Waals surface area contributed by atoms with E-state index in [1.165, 1.54) is 11.3 Å². The summed E-state index contributed by atoms with van der Waals surface area (Å²) in [6, 6.07) is 10.4. The Bertz CT molecular complexity index is 894. The van der Waals surface area contributed by atoms with Gasteiger partial charge in [0.25, 0.3) is 0 Å². The summed E-state index contributed by atoms with van der Waals surface area (Å²) in [5, 5.41) is 5.69. The maximum atomic E-state index is 5.99. The number of aryl methyl sites for hydroxylation is 1. The molecule has 146 valence electrons. The Morgan fingerprint density at radius 1 is 1.21 bits per heavy atom. The third-order valence-corrected chi connectivity index (χ3v) is 5.50. The van der Waals surface area contributed by atoms with Gasteiger partial charge in [0, 0.05) is 50.6 Å². The van der Waals surface area contributed by atoms with Crippen LogP contribution in [-0.2, 0) is 0 Å². The highest BCUT2D eigenvalue weighted by Crippen LogP contribution is 2.26. The van der Waals surface area contributed by atoms with E-state index in [9.17, 15) is 0 Å². The highest BCUT2D eigenvalue weighted by atomic mass is 35.5. The van der Waals surface area contributed by atoms with E-state index in [4.69, 9.17) is 28.6 Å². The molecule has 0 bridgehead atoms. The zero-order chi connectivity index (χ0) is 19.5. The summed E-state index contributed by atoms with van der Waals surface area (Å²) in [6.45, 7) is 6.23. The third kappa shape index (κ3) is 4.20. The van der Waals surface area contributed by atoms with Crippen molar-refractivity contribution in [3.05, 3.63) is 52.8 Å². The average Bonchev–Trinajstić information content (AvgIpc) is 2.72. The maximum absolute atomic E-state index is 5.99. The van der Waals surface area contributed by atoms with E-state index in [1.807, 2.05) is 0 Å². The van der Waals surface area contributed by atoms with Crippen LogP contribution in [0.4, 0.5) is 5.69 Å². The first-order chi connectivity index (χ1) is 13.6. The zero-order valence-corrected chi connectivity index (χ0v) is 17.3. The Hall–Kier alpha value is -2.38. The predicted molar refractivity (Wildman–Crippen MR) is 117 cm³/mol. The van der Waals surface area contributed by atoms with Crippen molar-refractivity contribution in [3.8, 4) is 5.75 Å². The lowest BCUT2D eigenvalue weighted by Crippen LogP contribution is -2.51. The topological polar surface area (TPSA) is 53.0 Å². The molecule has 1 N–H and O–H groups in total. The Morgan fingerprint density at radius 3 is 2.71 bits per heavy atom. The summed E-state index contributed by atoms with van der Waals surface area (Å²) >= 11 is 11.5. The average molecular weight is 416 g/mol. The number of benzene rings is 1. The van der Waals surface area contributed by atoms with Crippen molar-refractivity contribution in [2.24, 2.45) is 5.10 Å². The molecule has 1 fully saturated rings. The SMILES string of the molecule is Cc1ccc(N2CCN(C(=S)N/N=C3/CCOc4cc(Cl)cnc43)CC2)cc1. The molecular formula is C20H22ClN5OS.